The van der Waals surface area contributed by atoms with Crippen LogP contribution in [-0.4, -0.2) is 96.7 Å². The van der Waals surface area contributed by atoms with Crippen molar-refractivity contribution >= 4 is 39.5 Å². The Morgan fingerprint density at radius 3 is 0.875 bits per heavy atom. The molecule has 0 aromatic rings. The van der Waals surface area contributed by atoms with Crippen LogP contribution in [0.2, 0.25) is 0 Å². The summed E-state index contributed by atoms with van der Waals surface area (Å²) in [7, 11) is -9.95. The zero-order valence-electron chi connectivity index (χ0n) is 60.3. The molecule has 0 saturated heterocycles. The molecule has 19 heteroatoms. The maximum absolute atomic E-state index is 13.1. The normalized spacial score (nSPS) is 14.5. The van der Waals surface area contributed by atoms with Crippen LogP contribution in [0.25, 0.3) is 0 Å². The molecule has 554 valence electrons. The van der Waals surface area contributed by atoms with Gasteiger partial charge in [-0.1, -0.05) is 266 Å². The summed E-state index contributed by atoms with van der Waals surface area (Å²) in [4.78, 5) is 72.7. The zero-order chi connectivity index (χ0) is 70.4. The highest BCUT2D eigenvalue weighted by atomic mass is 31.2. The summed E-state index contributed by atoms with van der Waals surface area (Å²) in [5.41, 5.74) is 0. The fourth-order valence-electron chi connectivity index (χ4n) is 9.85. The first-order valence-electron chi connectivity index (χ1n) is 37.5. The number of allylic oxidation sites excluding steroid dienone is 16. The SMILES string of the molecule is CC/C=C\C/C=C\C/C=C\C/C=C\CCCCCCC(=O)OCC(COP(=O)(O)OCC(O)COP(=O)(O)OCC(COC(=O)CCCCCCC/C=C\CCCC)OC(=O)CCCCCCCCCCCCC)OC(=O)CCCCCCCCC/C=C\C/C=C\C/C=C\CC. The highest BCUT2D eigenvalue weighted by Gasteiger charge is 2.30. The molecule has 0 fully saturated rings. The van der Waals surface area contributed by atoms with Crippen molar-refractivity contribution in [2.24, 2.45) is 0 Å². The highest BCUT2D eigenvalue weighted by Crippen LogP contribution is 2.45. The van der Waals surface area contributed by atoms with Crippen LogP contribution in [0.3, 0.4) is 0 Å². The van der Waals surface area contributed by atoms with Crippen molar-refractivity contribution in [1.29, 1.82) is 0 Å². The van der Waals surface area contributed by atoms with E-state index in [0.717, 1.165) is 180 Å². The number of carbonyl (C=O) groups is 4. The lowest BCUT2D eigenvalue weighted by Gasteiger charge is -2.21. The van der Waals surface area contributed by atoms with E-state index in [9.17, 15) is 43.2 Å². The maximum Gasteiger partial charge on any atom is 0.472 e. The number of hydrogen-bond acceptors (Lipinski definition) is 15. The van der Waals surface area contributed by atoms with Crippen molar-refractivity contribution in [2.45, 2.75) is 329 Å². The minimum absolute atomic E-state index is 0.0777. The third-order valence-corrected chi connectivity index (χ3v) is 17.4. The van der Waals surface area contributed by atoms with E-state index in [1.54, 1.807) is 0 Å². The molecule has 0 aliphatic heterocycles. The Morgan fingerprint density at radius 1 is 0.302 bits per heavy atom. The molecule has 5 atom stereocenters. The molecule has 17 nitrogen and oxygen atoms in total. The van der Waals surface area contributed by atoms with Gasteiger partial charge in [-0.05, 0) is 116 Å². The lowest BCUT2D eigenvalue weighted by molar-refractivity contribution is -0.161. The standard InChI is InChI=1S/C77H134O17P2/c1-5-9-13-17-21-25-29-31-33-35-37-39-43-46-50-54-58-62-75(80)88-68-73(94-77(82)64-60-56-52-48-44-40-38-36-34-32-30-26-22-18-14-10-6-2)70-92-96(85,86)90-66-71(78)65-89-95(83,84)91-69-72(93-76(81)63-59-55-51-47-42-28-24-20-16-12-8-4)67-87-74(79)61-57-53-49-45-41-27-23-19-15-11-7-3/h9-10,13-14,19,21-23,25-26,31-34,37,39,71-73,78H,5-8,11-12,15-18,20,24,27-30,35-36,38,40-70H2,1-4H3,(H,83,84)(H,85,86)/b13-9-,14-10-,23-19-,25-21-,26-22-,33-31-,34-32-,39-37-. The molecule has 0 aliphatic carbocycles. The largest absolute Gasteiger partial charge is 0.472 e. The summed E-state index contributed by atoms with van der Waals surface area (Å²) in [6.07, 6.45) is 71.2. The number of phosphoric acid groups is 2. The summed E-state index contributed by atoms with van der Waals surface area (Å²) in [5.74, 6) is -2.21. The van der Waals surface area contributed by atoms with Crippen molar-refractivity contribution in [3.05, 3.63) is 97.2 Å². The average molecular weight is 1390 g/mol. The number of carbonyl (C=O) groups excluding carboxylic acids is 4. The van der Waals surface area contributed by atoms with Gasteiger partial charge >= 0.3 is 39.5 Å². The minimum atomic E-state index is -4.98. The Labute approximate surface area is 582 Å². The molecule has 0 saturated carbocycles. The molecule has 0 aromatic heterocycles. The summed E-state index contributed by atoms with van der Waals surface area (Å²) in [5, 5.41) is 10.6. The zero-order valence-corrected chi connectivity index (χ0v) is 62.1. The van der Waals surface area contributed by atoms with E-state index in [0.29, 0.717) is 25.7 Å². The molecule has 0 rings (SSSR count). The number of rotatable bonds is 70. The van der Waals surface area contributed by atoms with E-state index in [1.807, 2.05) is 0 Å². The molecule has 0 spiro atoms. The molecule has 0 aliphatic rings. The molecular formula is C77H134O17P2. The Bertz CT molecular complexity index is 2200. The van der Waals surface area contributed by atoms with E-state index in [1.165, 1.54) is 51.4 Å². The highest BCUT2D eigenvalue weighted by molar-refractivity contribution is 7.47. The van der Waals surface area contributed by atoms with E-state index < -0.39 is 97.5 Å². The first kappa shape index (κ1) is 92.0. The minimum Gasteiger partial charge on any atom is -0.462 e. The lowest BCUT2D eigenvalue weighted by atomic mass is 10.1. The topological polar surface area (TPSA) is 237 Å². The van der Waals surface area contributed by atoms with Crippen molar-refractivity contribution in [3.63, 3.8) is 0 Å². The van der Waals surface area contributed by atoms with Crippen molar-refractivity contribution in [2.75, 3.05) is 39.6 Å². The van der Waals surface area contributed by atoms with Crippen LogP contribution in [0.4, 0.5) is 0 Å². The molecule has 3 N–H and O–H groups in total. The molecule has 0 aromatic carbocycles. The third-order valence-electron chi connectivity index (χ3n) is 15.5. The van der Waals surface area contributed by atoms with Gasteiger partial charge in [0, 0.05) is 25.7 Å². The number of ether oxygens (including phenoxy) is 4. The predicted octanol–water partition coefficient (Wildman–Crippen LogP) is 21.2. The first-order chi connectivity index (χ1) is 46.7. The molecule has 0 bridgehead atoms. The number of aliphatic hydroxyl groups is 1. The number of unbranched alkanes of at least 4 members (excludes halogenated alkanes) is 28. The smallest absolute Gasteiger partial charge is 0.462 e. The average Bonchev–Trinajstić information content (AvgIpc) is 1.85. The number of esters is 4. The van der Waals surface area contributed by atoms with Crippen molar-refractivity contribution < 1.29 is 80.2 Å². The van der Waals surface area contributed by atoms with Gasteiger partial charge in [0.1, 0.15) is 19.3 Å². The van der Waals surface area contributed by atoms with Crippen LogP contribution < -0.4 is 0 Å². The monoisotopic (exact) mass is 1390 g/mol. The Kier molecular flexibility index (Phi) is 66.6. The lowest BCUT2D eigenvalue weighted by Crippen LogP contribution is -2.30. The Morgan fingerprint density at radius 2 is 0.552 bits per heavy atom. The molecule has 0 amide bonds. The maximum atomic E-state index is 13.1. The molecular weight excluding hydrogens is 1260 g/mol. The third kappa shape index (κ3) is 68.5. The molecule has 5 unspecified atom stereocenters. The second-order valence-corrected chi connectivity index (χ2v) is 27.7. The summed E-state index contributed by atoms with van der Waals surface area (Å²) in [6.45, 7) is 4.57. The molecule has 96 heavy (non-hydrogen) atoms. The van der Waals surface area contributed by atoms with Crippen LogP contribution in [0.5, 0.6) is 0 Å². The number of phosphoric ester groups is 2. The van der Waals surface area contributed by atoms with E-state index in [-0.39, 0.29) is 25.7 Å². The van der Waals surface area contributed by atoms with Gasteiger partial charge < -0.3 is 33.8 Å². The molecule has 0 radical (unpaired) electrons. The van der Waals surface area contributed by atoms with E-state index >= 15 is 0 Å². The summed E-state index contributed by atoms with van der Waals surface area (Å²) >= 11 is 0. The van der Waals surface area contributed by atoms with E-state index in [4.69, 9.17) is 37.0 Å². The summed E-state index contributed by atoms with van der Waals surface area (Å²) < 4.78 is 68.3. The molecule has 0 heterocycles. The quantitative estimate of drug-likeness (QED) is 0.0169. The summed E-state index contributed by atoms with van der Waals surface area (Å²) in [6, 6.07) is 0. The Hall–Kier alpha value is -4.02. The number of hydrogen-bond donors (Lipinski definition) is 3. The fraction of sp³-hybridized carbons (Fsp3) is 0.740. The second-order valence-electron chi connectivity index (χ2n) is 24.8. The van der Waals surface area contributed by atoms with Crippen molar-refractivity contribution in [1.82, 2.24) is 0 Å². The van der Waals surface area contributed by atoms with Gasteiger partial charge in [0.25, 0.3) is 0 Å². The van der Waals surface area contributed by atoms with Crippen LogP contribution in [0.15, 0.2) is 97.2 Å². The van der Waals surface area contributed by atoms with Gasteiger partial charge in [-0.2, -0.15) is 0 Å². The first-order valence-corrected chi connectivity index (χ1v) is 40.5. The Balaban J connectivity index is 5.35. The van der Waals surface area contributed by atoms with Gasteiger partial charge in [0.15, 0.2) is 12.2 Å². The van der Waals surface area contributed by atoms with Gasteiger partial charge in [-0.3, -0.25) is 37.3 Å². The van der Waals surface area contributed by atoms with Crippen LogP contribution in [0, 0.1) is 0 Å². The van der Waals surface area contributed by atoms with E-state index in [2.05, 4.69) is 125 Å². The van der Waals surface area contributed by atoms with Gasteiger partial charge in [0.2, 0.25) is 0 Å². The van der Waals surface area contributed by atoms with Gasteiger partial charge in [-0.15, -0.1) is 0 Å². The van der Waals surface area contributed by atoms with Crippen LogP contribution in [-0.2, 0) is 65.4 Å². The second kappa shape index (κ2) is 69.5. The van der Waals surface area contributed by atoms with Crippen LogP contribution >= 0.6 is 15.6 Å². The van der Waals surface area contributed by atoms with Gasteiger partial charge in [0.05, 0.1) is 26.4 Å². The van der Waals surface area contributed by atoms with Crippen molar-refractivity contribution in [3.8, 4) is 0 Å². The predicted molar refractivity (Wildman–Crippen MR) is 390 cm³/mol. The fourth-order valence-corrected chi connectivity index (χ4v) is 11.4. The number of aliphatic hydroxyl groups excluding tert-OH is 1. The van der Waals surface area contributed by atoms with Gasteiger partial charge in [-0.25, -0.2) is 9.13 Å². The van der Waals surface area contributed by atoms with Crippen LogP contribution in [0.1, 0.15) is 310 Å².